The molecule has 156 valence electrons. The Morgan fingerprint density at radius 2 is 1.82 bits per heavy atom. The quantitative estimate of drug-likeness (QED) is 0.232. The van der Waals surface area contributed by atoms with Gasteiger partial charge in [-0.1, -0.05) is 23.7 Å². The van der Waals surface area contributed by atoms with Crippen molar-refractivity contribution < 1.29 is 9.59 Å². The zero-order chi connectivity index (χ0) is 19.6. The number of amides is 2. The zero-order valence-electron chi connectivity index (χ0n) is 16.3. The Balaban J connectivity index is 0.00000392. The number of piperidine rings is 1. The van der Waals surface area contributed by atoms with Crippen LogP contribution in [0.4, 0.5) is 0 Å². The van der Waals surface area contributed by atoms with E-state index in [0.29, 0.717) is 36.0 Å². The van der Waals surface area contributed by atoms with Crippen molar-refractivity contribution in [2.75, 3.05) is 40.3 Å². The van der Waals surface area contributed by atoms with E-state index >= 15 is 0 Å². The van der Waals surface area contributed by atoms with Crippen LogP contribution in [-0.4, -0.2) is 62.9 Å². The lowest BCUT2D eigenvalue weighted by atomic mass is 9.93. The molecule has 1 aliphatic heterocycles. The fourth-order valence-corrected chi connectivity index (χ4v) is 3.36. The van der Waals surface area contributed by atoms with Gasteiger partial charge in [-0.15, -0.1) is 24.0 Å². The molecule has 3 N–H and O–H groups in total. The van der Waals surface area contributed by atoms with Gasteiger partial charge in [-0.3, -0.25) is 14.6 Å². The second-order valence-electron chi connectivity index (χ2n) is 6.52. The summed E-state index contributed by atoms with van der Waals surface area (Å²) in [5, 5.41) is 9.26. The van der Waals surface area contributed by atoms with Gasteiger partial charge in [0, 0.05) is 46.7 Å². The van der Waals surface area contributed by atoms with Gasteiger partial charge >= 0.3 is 0 Å². The van der Waals surface area contributed by atoms with E-state index < -0.39 is 0 Å². The highest BCUT2D eigenvalue weighted by atomic mass is 127. The summed E-state index contributed by atoms with van der Waals surface area (Å²) in [6.07, 6.45) is 2.53. The molecule has 2 amide bonds. The highest BCUT2D eigenvalue weighted by Gasteiger charge is 2.22. The number of aliphatic imine (C=N–C) groups is 1. The van der Waals surface area contributed by atoms with Gasteiger partial charge in [0.25, 0.3) is 5.91 Å². The Hall–Kier alpha value is -1.55. The molecule has 0 atom stereocenters. The number of hydrogen-bond acceptors (Lipinski definition) is 3. The first kappa shape index (κ1) is 24.5. The van der Waals surface area contributed by atoms with Gasteiger partial charge < -0.3 is 20.9 Å². The minimum absolute atomic E-state index is 0. The van der Waals surface area contributed by atoms with Crippen molar-refractivity contribution >= 4 is 53.4 Å². The van der Waals surface area contributed by atoms with Crippen molar-refractivity contribution in [2.45, 2.75) is 19.3 Å². The number of halogens is 2. The van der Waals surface area contributed by atoms with Gasteiger partial charge in [0.15, 0.2) is 5.96 Å². The molecule has 0 aliphatic carbocycles. The van der Waals surface area contributed by atoms with Crippen LogP contribution in [0.2, 0.25) is 5.02 Å². The van der Waals surface area contributed by atoms with Crippen molar-refractivity contribution in [3.05, 3.63) is 34.9 Å². The van der Waals surface area contributed by atoms with Crippen LogP contribution in [0.25, 0.3) is 0 Å². The van der Waals surface area contributed by atoms with Crippen molar-refractivity contribution in [1.29, 1.82) is 0 Å². The fraction of sp³-hybridized carbons (Fsp3) is 0.526. The van der Waals surface area contributed by atoms with Gasteiger partial charge in [0.1, 0.15) is 0 Å². The first-order valence-corrected chi connectivity index (χ1v) is 9.61. The highest BCUT2D eigenvalue weighted by molar-refractivity contribution is 14.0. The van der Waals surface area contributed by atoms with Gasteiger partial charge in [-0.25, -0.2) is 0 Å². The molecule has 28 heavy (non-hydrogen) atoms. The number of carbonyl (C=O) groups excluding carboxylic acids is 2. The molecule has 0 radical (unpaired) electrons. The number of nitrogens with one attached hydrogen (secondary N) is 3. The molecule has 0 unspecified atom stereocenters. The SMILES string of the molecule is CN=C(NCCNC(=O)c1ccccc1Cl)N1CCC(CC(=O)NC)CC1.I. The van der Waals surface area contributed by atoms with Crippen LogP contribution in [-0.2, 0) is 4.79 Å². The van der Waals surface area contributed by atoms with Gasteiger partial charge in [-0.2, -0.15) is 0 Å². The summed E-state index contributed by atoms with van der Waals surface area (Å²) in [4.78, 5) is 30.1. The molecule has 0 saturated carbocycles. The minimum atomic E-state index is -0.188. The lowest BCUT2D eigenvalue weighted by Crippen LogP contribution is -2.47. The molecule has 0 bridgehead atoms. The second kappa shape index (κ2) is 12.8. The lowest BCUT2D eigenvalue weighted by molar-refractivity contribution is -0.121. The van der Waals surface area contributed by atoms with Crippen LogP contribution in [0.5, 0.6) is 0 Å². The zero-order valence-corrected chi connectivity index (χ0v) is 19.4. The van der Waals surface area contributed by atoms with Crippen LogP contribution >= 0.6 is 35.6 Å². The molecule has 1 heterocycles. The van der Waals surface area contributed by atoms with Crippen LogP contribution in [0.15, 0.2) is 29.3 Å². The third-order valence-corrected chi connectivity index (χ3v) is 5.02. The molecule has 1 aromatic rings. The standard InChI is InChI=1S/C19H28ClN5O2.HI/c1-21-17(26)13-14-7-11-25(12-8-14)19(22-2)24-10-9-23-18(27)15-5-3-4-6-16(15)20;/h3-6,14H,7-13H2,1-2H3,(H,21,26)(H,22,24)(H,23,27);1H. The molecule has 0 aromatic heterocycles. The van der Waals surface area contributed by atoms with E-state index in [9.17, 15) is 9.59 Å². The Morgan fingerprint density at radius 1 is 1.18 bits per heavy atom. The van der Waals surface area contributed by atoms with Crippen LogP contribution < -0.4 is 16.0 Å². The van der Waals surface area contributed by atoms with Crippen LogP contribution in [0, 0.1) is 5.92 Å². The molecule has 1 fully saturated rings. The van der Waals surface area contributed by atoms with E-state index in [1.54, 1.807) is 38.4 Å². The summed E-state index contributed by atoms with van der Waals surface area (Å²) in [6.45, 7) is 2.78. The number of benzene rings is 1. The topological polar surface area (TPSA) is 85.8 Å². The highest BCUT2D eigenvalue weighted by Crippen LogP contribution is 2.20. The largest absolute Gasteiger partial charge is 0.359 e. The average molecular weight is 522 g/mol. The third-order valence-electron chi connectivity index (χ3n) is 4.69. The number of likely N-dealkylation sites (tertiary alicyclic amines) is 1. The van der Waals surface area contributed by atoms with E-state index in [2.05, 4.69) is 25.8 Å². The maximum Gasteiger partial charge on any atom is 0.252 e. The summed E-state index contributed by atoms with van der Waals surface area (Å²) < 4.78 is 0. The molecular weight excluding hydrogens is 493 g/mol. The molecule has 0 spiro atoms. The van der Waals surface area contributed by atoms with Crippen molar-refractivity contribution in [3.63, 3.8) is 0 Å². The maximum atomic E-state index is 12.1. The Morgan fingerprint density at radius 3 is 2.43 bits per heavy atom. The van der Waals surface area contributed by atoms with Crippen LogP contribution in [0.3, 0.4) is 0 Å². The monoisotopic (exact) mass is 521 g/mol. The van der Waals surface area contributed by atoms with E-state index in [4.69, 9.17) is 11.6 Å². The molecule has 7 nitrogen and oxygen atoms in total. The van der Waals surface area contributed by atoms with Crippen LogP contribution in [0.1, 0.15) is 29.6 Å². The Kier molecular flexibility index (Phi) is 11.2. The normalized spacial score (nSPS) is 14.8. The summed E-state index contributed by atoms with van der Waals surface area (Å²) in [6, 6.07) is 6.98. The molecule has 1 aliphatic rings. The van der Waals surface area contributed by atoms with E-state index in [1.165, 1.54) is 0 Å². The first-order chi connectivity index (χ1) is 13.0. The average Bonchev–Trinajstić information content (AvgIpc) is 2.69. The number of carbonyl (C=O) groups is 2. The second-order valence-corrected chi connectivity index (χ2v) is 6.92. The molecule has 1 saturated heterocycles. The van der Waals surface area contributed by atoms with Crippen molar-refractivity contribution in [2.24, 2.45) is 10.9 Å². The summed E-state index contributed by atoms with van der Waals surface area (Å²) in [5.74, 6) is 1.16. The van der Waals surface area contributed by atoms with Crippen molar-refractivity contribution in [1.82, 2.24) is 20.9 Å². The molecular formula is C19H29ClIN5O2. The van der Waals surface area contributed by atoms with Gasteiger partial charge in [-0.05, 0) is 30.9 Å². The fourth-order valence-electron chi connectivity index (χ4n) is 3.14. The Bertz CT molecular complexity index is 678. The molecule has 9 heteroatoms. The van der Waals surface area contributed by atoms with Crippen molar-refractivity contribution in [3.8, 4) is 0 Å². The maximum absolute atomic E-state index is 12.1. The summed E-state index contributed by atoms with van der Waals surface area (Å²) in [5.41, 5.74) is 0.474. The number of rotatable bonds is 6. The third kappa shape index (κ3) is 7.46. The lowest BCUT2D eigenvalue weighted by Gasteiger charge is -2.34. The first-order valence-electron chi connectivity index (χ1n) is 9.24. The number of nitrogens with zero attached hydrogens (tertiary/aromatic N) is 2. The van der Waals surface area contributed by atoms with E-state index in [0.717, 1.165) is 31.9 Å². The minimum Gasteiger partial charge on any atom is -0.359 e. The smallest absolute Gasteiger partial charge is 0.252 e. The van der Waals surface area contributed by atoms with Gasteiger partial charge in [0.05, 0.1) is 10.6 Å². The van der Waals surface area contributed by atoms with E-state index in [1.807, 2.05) is 0 Å². The Labute approximate surface area is 188 Å². The molecule has 2 rings (SSSR count). The summed E-state index contributed by atoms with van der Waals surface area (Å²) in [7, 11) is 3.43. The number of hydrogen-bond donors (Lipinski definition) is 3. The number of guanidine groups is 1. The predicted octanol–water partition coefficient (Wildman–Crippen LogP) is 2.11. The molecule has 1 aromatic carbocycles. The van der Waals surface area contributed by atoms with E-state index in [-0.39, 0.29) is 35.8 Å². The van der Waals surface area contributed by atoms with Gasteiger partial charge in [0.2, 0.25) is 5.91 Å². The summed E-state index contributed by atoms with van der Waals surface area (Å²) >= 11 is 6.03. The predicted molar refractivity (Wildman–Crippen MR) is 124 cm³/mol.